The standard InChI is InChI=1S/C20H21ClN2O3/c21-16-3-4-19-15(9-16)5-6-23(20(19)24)17-8-14(10-22-11-17)12-25-13-18-2-1-7-26-18/h3-4,8-11,18H,1-2,5-7,12-13H2. The maximum Gasteiger partial charge on any atom is 0.258 e. The first-order valence-corrected chi connectivity index (χ1v) is 9.32. The summed E-state index contributed by atoms with van der Waals surface area (Å²) in [5.41, 5.74) is 3.47. The van der Waals surface area contributed by atoms with Gasteiger partial charge in [-0.2, -0.15) is 0 Å². The van der Waals surface area contributed by atoms with E-state index in [0.717, 1.165) is 42.7 Å². The molecule has 0 aliphatic carbocycles. The number of carbonyl (C=O) groups excluding carboxylic acids is 1. The Morgan fingerprint density at radius 3 is 3.08 bits per heavy atom. The van der Waals surface area contributed by atoms with Gasteiger partial charge in [-0.1, -0.05) is 11.6 Å². The zero-order valence-electron chi connectivity index (χ0n) is 14.5. The zero-order chi connectivity index (χ0) is 17.9. The molecule has 4 rings (SSSR count). The number of anilines is 1. The fraction of sp³-hybridized carbons (Fsp3) is 0.400. The minimum absolute atomic E-state index is 0.0119. The summed E-state index contributed by atoms with van der Waals surface area (Å²) in [6.07, 6.45) is 6.65. The second kappa shape index (κ2) is 7.74. The number of halogens is 1. The van der Waals surface area contributed by atoms with Crippen molar-refractivity contribution < 1.29 is 14.3 Å². The van der Waals surface area contributed by atoms with Crippen LogP contribution >= 0.6 is 11.6 Å². The number of fused-ring (bicyclic) bond motifs is 1. The second-order valence-electron chi connectivity index (χ2n) is 6.71. The zero-order valence-corrected chi connectivity index (χ0v) is 15.2. The van der Waals surface area contributed by atoms with Crippen molar-refractivity contribution in [3.8, 4) is 0 Å². The molecule has 2 aliphatic rings. The van der Waals surface area contributed by atoms with Crippen molar-refractivity contribution in [1.29, 1.82) is 0 Å². The summed E-state index contributed by atoms with van der Waals surface area (Å²) in [5.74, 6) is -0.0119. The quantitative estimate of drug-likeness (QED) is 0.804. The molecule has 5 nitrogen and oxygen atoms in total. The van der Waals surface area contributed by atoms with E-state index in [0.29, 0.717) is 30.3 Å². The molecular weight excluding hydrogens is 352 g/mol. The molecule has 1 unspecified atom stereocenters. The van der Waals surface area contributed by atoms with Gasteiger partial charge in [-0.25, -0.2) is 0 Å². The third kappa shape index (κ3) is 3.75. The molecule has 1 aromatic heterocycles. The van der Waals surface area contributed by atoms with Gasteiger partial charge in [0.1, 0.15) is 0 Å². The Morgan fingerprint density at radius 1 is 1.31 bits per heavy atom. The largest absolute Gasteiger partial charge is 0.376 e. The van der Waals surface area contributed by atoms with Crippen molar-refractivity contribution in [1.82, 2.24) is 4.98 Å². The Labute approximate surface area is 157 Å². The normalized spacial score (nSPS) is 19.7. The minimum Gasteiger partial charge on any atom is -0.376 e. The predicted octanol–water partition coefficient (Wildman–Crippen LogP) is 3.63. The molecule has 1 aromatic carbocycles. The van der Waals surface area contributed by atoms with Crippen molar-refractivity contribution in [3.63, 3.8) is 0 Å². The van der Waals surface area contributed by atoms with E-state index >= 15 is 0 Å². The van der Waals surface area contributed by atoms with Crippen molar-refractivity contribution in [2.24, 2.45) is 0 Å². The number of ether oxygens (including phenoxy) is 2. The number of aromatic nitrogens is 1. The predicted molar refractivity (Wildman–Crippen MR) is 99.7 cm³/mol. The first kappa shape index (κ1) is 17.5. The van der Waals surface area contributed by atoms with Gasteiger partial charge in [-0.3, -0.25) is 9.78 Å². The lowest BCUT2D eigenvalue weighted by molar-refractivity contribution is 0.0105. The van der Waals surface area contributed by atoms with Crippen LogP contribution in [0.2, 0.25) is 5.02 Å². The van der Waals surface area contributed by atoms with E-state index in [9.17, 15) is 4.79 Å². The molecule has 2 aromatic rings. The lowest BCUT2D eigenvalue weighted by atomic mass is 9.98. The molecule has 2 aliphatic heterocycles. The third-order valence-corrected chi connectivity index (χ3v) is 5.07. The average molecular weight is 373 g/mol. The summed E-state index contributed by atoms with van der Waals surface area (Å²) >= 11 is 6.04. The van der Waals surface area contributed by atoms with Crippen LogP contribution in [0.15, 0.2) is 36.7 Å². The molecule has 1 fully saturated rings. The number of rotatable bonds is 5. The lowest BCUT2D eigenvalue weighted by Crippen LogP contribution is -2.37. The molecule has 26 heavy (non-hydrogen) atoms. The summed E-state index contributed by atoms with van der Waals surface area (Å²) < 4.78 is 11.3. The highest BCUT2D eigenvalue weighted by Crippen LogP contribution is 2.27. The highest BCUT2D eigenvalue weighted by molar-refractivity contribution is 6.30. The van der Waals surface area contributed by atoms with Gasteiger partial charge in [0.2, 0.25) is 0 Å². The van der Waals surface area contributed by atoms with Gasteiger partial charge in [0.15, 0.2) is 0 Å². The van der Waals surface area contributed by atoms with Crippen molar-refractivity contribution >= 4 is 23.2 Å². The van der Waals surface area contributed by atoms with Crippen LogP contribution in [0.25, 0.3) is 0 Å². The van der Waals surface area contributed by atoms with Gasteiger partial charge in [0, 0.05) is 29.9 Å². The molecular formula is C20H21ClN2O3. The smallest absolute Gasteiger partial charge is 0.258 e. The maximum atomic E-state index is 12.8. The number of amides is 1. The monoisotopic (exact) mass is 372 g/mol. The first-order chi connectivity index (χ1) is 12.7. The number of pyridine rings is 1. The van der Waals surface area contributed by atoms with Crippen molar-refractivity contribution in [2.75, 3.05) is 24.7 Å². The number of benzene rings is 1. The number of hydrogen-bond donors (Lipinski definition) is 0. The third-order valence-electron chi connectivity index (χ3n) is 4.84. The topological polar surface area (TPSA) is 51.7 Å². The molecule has 1 atom stereocenters. The molecule has 0 bridgehead atoms. The van der Waals surface area contributed by atoms with Gasteiger partial charge in [-0.05, 0) is 54.7 Å². The van der Waals surface area contributed by atoms with E-state index in [-0.39, 0.29) is 12.0 Å². The van der Waals surface area contributed by atoms with Crippen LogP contribution in [-0.2, 0) is 22.5 Å². The van der Waals surface area contributed by atoms with E-state index in [1.165, 1.54) is 0 Å². The molecule has 0 radical (unpaired) electrons. The molecule has 0 N–H and O–H groups in total. The Kier molecular flexibility index (Phi) is 5.20. The molecule has 1 amide bonds. The molecule has 136 valence electrons. The van der Waals surface area contributed by atoms with Gasteiger partial charge in [0.25, 0.3) is 5.91 Å². The van der Waals surface area contributed by atoms with E-state index in [4.69, 9.17) is 21.1 Å². The summed E-state index contributed by atoms with van der Waals surface area (Å²) in [7, 11) is 0. The molecule has 0 spiro atoms. The van der Waals surface area contributed by atoms with Crippen molar-refractivity contribution in [2.45, 2.75) is 32.0 Å². The average Bonchev–Trinajstić information content (AvgIpc) is 3.16. The van der Waals surface area contributed by atoms with Gasteiger partial charge >= 0.3 is 0 Å². The highest BCUT2D eigenvalue weighted by atomic mass is 35.5. The molecule has 3 heterocycles. The van der Waals surface area contributed by atoms with Gasteiger partial charge < -0.3 is 14.4 Å². The Bertz CT molecular complexity index is 805. The van der Waals surface area contributed by atoms with Crippen molar-refractivity contribution in [3.05, 3.63) is 58.4 Å². The summed E-state index contributed by atoms with van der Waals surface area (Å²) in [4.78, 5) is 18.9. The second-order valence-corrected chi connectivity index (χ2v) is 7.15. The van der Waals surface area contributed by atoms with Crippen LogP contribution in [0.4, 0.5) is 5.69 Å². The van der Waals surface area contributed by atoms with Gasteiger partial charge in [-0.15, -0.1) is 0 Å². The summed E-state index contributed by atoms with van der Waals surface area (Å²) in [5, 5.41) is 0.664. The van der Waals surface area contributed by atoms with Crippen LogP contribution in [0, 0.1) is 0 Å². The van der Waals surface area contributed by atoms with Crippen LogP contribution in [-0.4, -0.2) is 36.8 Å². The van der Waals surface area contributed by atoms with E-state index < -0.39 is 0 Å². The number of carbonyl (C=O) groups is 1. The highest BCUT2D eigenvalue weighted by Gasteiger charge is 2.26. The summed E-state index contributed by atoms with van der Waals surface area (Å²) in [6, 6.07) is 7.41. The molecule has 6 heteroatoms. The Morgan fingerprint density at radius 2 is 2.23 bits per heavy atom. The molecule has 0 saturated carbocycles. The first-order valence-electron chi connectivity index (χ1n) is 8.94. The van der Waals surface area contributed by atoms with Crippen LogP contribution in [0.1, 0.15) is 34.3 Å². The minimum atomic E-state index is -0.0119. The van der Waals surface area contributed by atoms with E-state index in [2.05, 4.69) is 4.98 Å². The van der Waals surface area contributed by atoms with E-state index in [1.807, 2.05) is 12.1 Å². The number of hydrogen-bond acceptors (Lipinski definition) is 4. The SMILES string of the molecule is O=C1c2ccc(Cl)cc2CCN1c1cncc(COCC2CCCO2)c1. The maximum absolute atomic E-state index is 12.8. The Hall–Kier alpha value is -1.95. The van der Waals surface area contributed by atoms with Crippen LogP contribution in [0.5, 0.6) is 0 Å². The van der Waals surface area contributed by atoms with Gasteiger partial charge in [0.05, 0.1) is 31.2 Å². The fourth-order valence-electron chi connectivity index (χ4n) is 3.49. The number of nitrogens with zero attached hydrogens (tertiary/aromatic N) is 2. The van der Waals surface area contributed by atoms with Crippen LogP contribution in [0.3, 0.4) is 0 Å². The Balaban J connectivity index is 1.44. The summed E-state index contributed by atoms with van der Waals surface area (Å²) in [6.45, 7) is 2.51. The van der Waals surface area contributed by atoms with E-state index in [1.54, 1.807) is 29.4 Å². The molecule has 1 saturated heterocycles. The fourth-order valence-corrected chi connectivity index (χ4v) is 3.68. The van der Waals surface area contributed by atoms with Crippen LogP contribution < -0.4 is 4.90 Å². The lowest BCUT2D eigenvalue weighted by Gasteiger charge is -2.28.